The van der Waals surface area contributed by atoms with Crippen LogP contribution in [0.5, 0.6) is 11.5 Å². The summed E-state index contributed by atoms with van der Waals surface area (Å²) in [5.74, 6) is 0.499. The molecule has 0 saturated carbocycles. The van der Waals surface area contributed by atoms with Crippen LogP contribution in [-0.4, -0.2) is 75.7 Å². The minimum atomic E-state index is -3.72. The standard InChI is InChI=1S/C34H39FN4O5S/c1-6-38(7-2)16-17-39-21-29-30(34(39)40)33(44-22-24-10-14-27(43-4)15-11-24)31-28(32(29)37(3)45(5,41)42)19-25(20-36-31)18-23-8-12-26(35)13-9-23/h8-15,19-20H,6-7,16-18,21-22H2,1-5H3. The van der Waals surface area contributed by atoms with E-state index in [-0.39, 0.29) is 24.9 Å². The predicted molar refractivity (Wildman–Crippen MR) is 174 cm³/mol. The number of nitrogens with zero attached hydrogens (tertiary/aromatic N) is 4. The number of aromatic nitrogens is 1. The normalized spacial score (nSPS) is 13.0. The largest absolute Gasteiger partial charge is 0.497 e. The number of ether oxygens (including phenoxy) is 2. The summed E-state index contributed by atoms with van der Waals surface area (Å²) in [4.78, 5) is 22.9. The molecule has 2 heterocycles. The summed E-state index contributed by atoms with van der Waals surface area (Å²) in [7, 11) is -0.617. The highest BCUT2D eigenvalue weighted by Gasteiger charge is 2.38. The average molecular weight is 635 g/mol. The summed E-state index contributed by atoms with van der Waals surface area (Å²) in [6.45, 7) is 7.44. The molecule has 1 aliphatic rings. The first-order chi connectivity index (χ1) is 21.5. The molecule has 9 nitrogen and oxygen atoms in total. The summed E-state index contributed by atoms with van der Waals surface area (Å²) < 4.78 is 52.5. The van der Waals surface area contributed by atoms with Gasteiger partial charge in [0.2, 0.25) is 10.0 Å². The number of hydrogen-bond donors (Lipinski definition) is 0. The molecule has 11 heteroatoms. The Balaban J connectivity index is 1.66. The van der Waals surface area contributed by atoms with Gasteiger partial charge in [-0.2, -0.15) is 0 Å². The van der Waals surface area contributed by atoms with Gasteiger partial charge in [0.05, 0.1) is 24.6 Å². The molecule has 0 fully saturated rings. The third-order valence-electron chi connectivity index (χ3n) is 8.34. The molecule has 45 heavy (non-hydrogen) atoms. The smallest absolute Gasteiger partial charge is 0.258 e. The number of carbonyl (C=O) groups excluding carboxylic acids is 1. The van der Waals surface area contributed by atoms with E-state index in [0.29, 0.717) is 58.7 Å². The summed E-state index contributed by atoms with van der Waals surface area (Å²) in [5.41, 5.74) is 4.28. The molecule has 4 aromatic rings. The van der Waals surface area contributed by atoms with E-state index in [9.17, 15) is 17.6 Å². The summed E-state index contributed by atoms with van der Waals surface area (Å²) in [6.07, 6.45) is 3.30. The van der Waals surface area contributed by atoms with Gasteiger partial charge < -0.3 is 19.3 Å². The molecular weight excluding hydrogens is 595 g/mol. The second-order valence-corrected chi connectivity index (χ2v) is 13.2. The number of benzene rings is 3. The maximum Gasteiger partial charge on any atom is 0.258 e. The van der Waals surface area contributed by atoms with Gasteiger partial charge in [-0.15, -0.1) is 0 Å². The first-order valence-corrected chi connectivity index (χ1v) is 16.8. The molecule has 238 valence electrons. The number of sulfonamides is 1. The molecule has 5 rings (SSSR count). The van der Waals surface area contributed by atoms with Gasteiger partial charge in [-0.1, -0.05) is 38.1 Å². The number of hydrogen-bond acceptors (Lipinski definition) is 7. The minimum absolute atomic E-state index is 0.165. The zero-order valence-corrected chi connectivity index (χ0v) is 27.2. The molecule has 0 atom stereocenters. The lowest BCUT2D eigenvalue weighted by molar-refractivity contribution is 0.0757. The zero-order valence-electron chi connectivity index (χ0n) is 26.3. The van der Waals surface area contributed by atoms with Crippen LogP contribution < -0.4 is 13.8 Å². The first kappa shape index (κ1) is 32.2. The van der Waals surface area contributed by atoms with Crippen molar-refractivity contribution in [2.24, 2.45) is 0 Å². The fourth-order valence-corrected chi connectivity index (χ4v) is 6.21. The van der Waals surface area contributed by atoms with Crippen LogP contribution in [0.4, 0.5) is 10.1 Å². The van der Waals surface area contributed by atoms with Crippen molar-refractivity contribution in [1.29, 1.82) is 0 Å². The van der Waals surface area contributed by atoms with E-state index in [1.54, 1.807) is 30.3 Å². The van der Waals surface area contributed by atoms with Crippen LogP contribution in [0.3, 0.4) is 0 Å². The van der Waals surface area contributed by atoms with Crippen LogP contribution in [-0.2, 0) is 29.6 Å². The second kappa shape index (κ2) is 13.4. The third-order valence-corrected chi connectivity index (χ3v) is 9.51. The molecule has 0 radical (unpaired) electrons. The number of carbonyl (C=O) groups is 1. The van der Waals surface area contributed by atoms with Crippen LogP contribution in [0, 0.1) is 5.82 Å². The van der Waals surface area contributed by atoms with Crippen molar-refractivity contribution in [3.63, 3.8) is 0 Å². The third kappa shape index (κ3) is 6.89. The fourth-order valence-electron chi connectivity index (χ4n) is 5.67. The van der Waals surface area contributed by atoms with Gasteiger partial charge in [0.15, 0.2) is 5.75 Å². The number of fused-ring (bicyclic) bond motifs is 2. The molecule has 1 amide bonds. The van der Waals surface area contributed by atoms with Crippen molar-refractivity contribution in [2.75, 3.05) is 50.9 Å². The van der Waals surface area contributed by atoms with Crippen molar-refractivity contribution in [3.8, 4) is 11.5 Å². The number of methoxy groups -OCH3 is 1. The first-order valence-electron chi connectivity index (χ1n) is 15.0. The molecule has 0 aliphatic carbocycles. The SMILES string of the molecule is CCN(CC)CCN1Cc2c(c(OCc3ccc(OC)cc3)c3ncc(Cc4ccc(F)cc4)cc3c2N(C)S(C)(=O)=O)C1=O. The maximum absolute atomic E-state index is 14.1. The van der Waals surface area contributed by atoms with E-state index >= 15 is 0 Å². The highest BCUT2D eigenvalue weighted by atomic mass is 32.2. The van der Waals surface area contributed by atoms with Crippen molar-refractivity contribution >= 4 is 32.5 Å². The summed E-state index contributed by atoms with van der Waals surface area (Å²) >= 11 is 0. The number of pyridine rings is 1. The Kier molecular flexibility index (Phi) is 9.59. The van der Waals surface area contributed by atoms with Crippen molar-refractivity contribution < 1.29 is 27.1 Å². The quantitative estimate of drug-likeness (QED) is 0.199. The van der Waals surface area contributed by atoms with Gasteiger partial charge >= 0.3 is 0 Å². The summed E-state index contributed by atoms with van der Waals surface area (Å²) in [6, 6.07) is 15.6. The highest BCUT2D eigenvalue weighted by molar-refractivity contribution is 7.92. The van der Waals surface area contributed by atoms with E-state index in [4.69, 9.17) is 14.5 Å². The van der Waals surface area contributed by atoms with E-state index in [2.05, 4.69) is 18.7 Å². The Bertz CT molecular complexity index is 1790. The maximum atomic E-state index is 14.1. The monoisotopic (exact) mass is 634 g/mol. The number of likely N-dealkylation sites (N-methyl/N-ethyl adjacent to an activating group) is 1. The Labute approximate surface area is 264 Å². The van der Waals surface area contributed by atoms with Crippen LogP contribution in [0.1, 0.15) is 46.5 Å². The fraction of sp³-hybridized carbons (Fsp3) is 0.353. The minimum Gasteiger partial charge on any atom is -0.497 e. The molecule has 0 N–H and O–H groups in total. The van der Waals surface area contributed by atoms with Crippen LogP contribution in [0.15, 0.2) is 60.8 Å². The predicted octanol–water partition coefficient (Wildman–Crippen LogP) is 5.25. The van der Waals surface area contributed by atoms with Crippen LogP contribution in [0.2, 0.25) is 0 Å². The van der Waals surface area contributed by atoms with Gasteiger partial charge in [-0.05, 0) is 66.5 Å². The second-order valence-electron chi connectivity index (χ2n) is 11.2. The molecule has 1 aromatic heterocycles. The number of anilines is 1. The molecule has 0 saturated heterocycles. The van der Waals surface area contributed by atoms with E-state index < -0.39 is 10.0 Å². The molecule has 0 spiro atoms. The Morgan fingerprint density at radius 1 is 1.00 bits per heavy atom. The molecule has 1 aliphatic heterocycles. The Morgan fingerprint density at radius 3 is 2.29 bits per heavy atom. The van der Waals surface area contributed by atoms with Crippen molar-refractivity contribution in [3.05, 3.63) is 94.4 Å². The Morgan fingerprint density at radius 2 is 1.67 bits per heavy atom. The molecular formula is C34H39FN4O5S. The lowest BCUT2D eigenvalue weighted by atomic mass is 9.98. The molecule has 0 unspecified atom stereocenters. The molecule has 3 aromatic carbocycles. The van der Waals surface area contributed by atoms with Gasteiger partial charge in [0, 0.05) is 43.8 Å². The van der Waals surface area contributed by atoms with Crippen LogP contribution in [0.25, 0.3) is 10.9 Å². The van der Waals surface area contributed by atoms with Gasteiger partial charge in [-0.25, -0.2) is 12.8 Å². The Hall–Kier alpha value is -4.22. The lowest BCUT2D eigenvalue weighted by Crippen LogP contribution is -2.35. The number of amides is 1. The average Bonchev–Trinajstić information content (AvgIpc) is 3.35. The van der Waals surface area contributed by atoms with Gasteiger partial charge in [0.25, 0.3) is 5.91 Å². The zero-order chi connectivity index (χ0) is 32.3. The highest BCUT2D eigenvalue weighted by Crippen LogP contribution is 2.45. The number of rotatable bonds is 13. The topological polar surface area (TPSA) is 92.3 Å². The van der Waals surface area contributed by atoms with E-state index in [1.165, 1.54) is 23.5 Å². The van der Waals surface area contributed by atoms with Gasteiger partial charge in [0.1, 0.15) is 23.7 Å². The van der Waals surface area contributed by atoms with Crippen LogP contribution >= 0.6 is 0 Å². The summed E-state index contributed by atoms with van der Waals surface area (Å²) in [5, 5.41) is 0.560. The van der Waals surface area contributed by atoms with E-state index in [0.717, 1.165) is 36.0 Å². The van der Waals surface area contributed by atoms with E-state index in [1.807, 2.05) is 30.3 Å². The van der Waals surface area contributed by atoms with Gasteiger partial charge in [-0.3, -0.25) is 14.1 Å². The lowest BCUT2D eigenvalue weighted by Gasteiger charge is -2.24. The number of halogens is 1. The van der Waals surface area contributed by atoms with Crippen molar-refractivity contribution in [1.82, 2.24) is 14.8 Å². The molecule has 0 bridgehead atoms. The van der Waals surface area contributed by atoms with Crippen molar-refractivity contribution in [2.45, 2.75) is 33.4 Å².